The first-order valence-electron chi connectivity index (χ1n) is 11.3. The number of hydrogen-bond acceptors (Lipinski definition) is 6. The highest BCUT2D eigenvalue weighted by atomic mass is 35.5. The Morgan fingerprint density at radius 2 is 1.79 bits per heavy atom. The molecule has 0 atom stereocenters. The Labute approximate surface area is 235 Å². The number of imide groups is 1. The Morgan fingerprint density at radius 3 is 2.46 bits per heavy atom. The van der Waals surface area contributed by atoms with Crippen LogP contribution in [0.4, 0.5) is 34.1 Å². The molecule has 8 nitrogen and oxygen atoms in total. The van der Waals surface area contributed by atoms with Gasteiger partial charge in [0, 0.05) is 40.3 Å². The molecule has 2 aromatic carbocycles. The smallest absolute Gasteiger partial charge is 0.307 e. The number of urea groups is 2. The zero-order valence-corrected chi connectivity index (χ0v) is 22.8. The number of carbonyl (C=O) groups is 3. The maximum Gasteiger partial charge on any atom is 0.446 e. The van der Waals surface area contributed by atoms with Crippen LogP contribution in [0.1, 0.15) is 19.4 Å². The number of carbonyl (C=O) groups excluding carboxylic acids is 3. The number of nitrogens with zero attached hydrogens (tertiary/aromatic N) is 3. The van der Waals surface area contributed by atoms with Gasteiger partial charge in [-0.3, -0.25) is 9.52 Å². The number of aromatic nitrogens is 1. The highest BCUT2D eigenvalue weighted by molar-refractivity contribution is 8.00. The van der Waals surface area contributed by atoms with Crippen molar-refractivity contribution in [2.45, 2.75) is 41.4 Å². The van der Waals surface area contributed by atoms with Gasteiger partial charge in [-0.1, -0.05) is 17.7 Å². The minimum atomic E-state index is -4.45. The fourth-order valence-corrected chi connectivity index (χ4v) is 5.04. The lowest BCUT2D eigenvalue weighted by Gasteiger charge is -2.27. The standard InChI is InChI=1S/C25H21ClF3N5O3S2/c1-24(2)21(35)34(18-6-8-19(9-7-18)38-25(27,28)29)23(37)33(24)14-15-10-11-30-20(12-15)39-32-22(36)31-17-5-3-4-16(26)13-17/h3-13H,14H2,1-2H3,(H2,31,32,36). The topological polar surface area (TPSA) is 94.6 Å². The van der Waals surface area contributed by atoms with Crippen LogP contribution in [0.2, 0.25) is 5.02 Å². The molecule has 4 rings (SSSR count). The third-order valence-electron chi connectivity index (χ3n) is 5.62. The van der Waals surface area contributed by atoms with Crippen molar-refractivity contribution in [3.63, 3.8) is 0 Å². The molecule has 1 aliphatic heterocycles. The van der Waals surface area contributed by atoms with Crippen molar-refractivity contribution in [2.24, 2.45) is 0 Å². The molecular weight excluding hydrogens is 575 g/mol. The average molecular weight is 596 g/mol. The van der Waals surface area contributed by atoms with E-state index in [9.17, 15) is 27.6 Å². The molecule has 1 aliphatic rings. The van der Waals surface area contributed by atoms with E-state index in [1.165, 1.54) is 35.4 Å². The fourth-order valence-electron chi connectivity index (χ4n) is 3.73. The highest BCUT2D eigenvalue weighted by Gasteiger charge is 2.51. The van der Waals surface area contributed by atoms with Crippen LogP contribution in [-0.4, -0.2) is 38.9 Å². The normalized spacial score (nSPS) is 15.0. The first kappa shape index (κ1) is 28.6. The van der Waals surface area contributed by atoms with E-state index in [4.69, 9.17) is 11.6 Å². The molecule has 5 amide bonds. The Bertz CT molecular complexity index is 1410. The van der Waals surface area contributed by atoms with Gasteiger partial charge in [0.2, 0.25) is 0 Å². The van der Waals surface area contributed by atoms with Gasteiger partial charge >= 0.3 is 17.6 Å². The lowest BCUT2D eigenvalue weighted by atomic mass is 10.0. The number of halogens is 4. The molecule has 0 saturated carbocycles. The van der Waals surface area contributed by atoms with Gasteiger partial charge in [-0.25, -0.2) is 19.5 Å². The van der Waals surface area contributed by atoms with Crippen molar-refractivity contribution in [2.75, 3.05) is 10.2 Å². The second kappa shape index (κ2) is 11.4. The summed E-state index contributed by atoms with van der Waals surface area (Å²) < 4.78 is 40.6. The van der Waals surface area contributed by atoms with Crippen molar-refractivity contribution in [3.8, 4) is 0 Å². The van der Waals surface area contributed by atoms with Crippen LogP contribution in [0.25, 0.3) is 0 Å². The zero-order chi connectivity index (χ0) is 28.4. The molecule has 204 valence electrons. The third-order valence-corrected chi connectivity index (χ3v) is 7.32. The molecule has 14 heteroatoms. The van der Waals surface area contributed by atoms with E-state index in [1.807, 2.05) is 0 Å². The van der Waals surface area contributed by atoms with Crippen LogP contribution in [0.5, 0.6) is 0 Å². The number of benzene rings is 2. The lowest BCUT2D eigenvalue weighted by Crippen LogP contribution is -2.43. The van der Waals surface area contributed by atoms with E-state index < -0.39 is 29.0 Å². The molecule has 2 N–H and O–H groups in total. The number of amides is 5. The summed E-state index contributed by atoms with van der Waals surface area (Å²) in [6, 6.07) is 14.0. The Morgan fingerprint density at radius 1 is 1.08 bits per heavy atom. The summed E-state index contributed by atoms with van der Waals surface area (Å²) in [6.07, 6.45) is 1.51. The summed E-state index contributed by atoms with van der Waals surface area (Å²) in [6.45, 7) is 3.25. The number of anilines is 2. The van der Waals surface area contributed by atoms with Gasteiger partial charge in [0.15, 0.2) is 0 Å². The van der Waals surface area contributed by atoms with Crippen molar-refractivity contribution in [1.82, 2.24) is 14.6 Å². The number of thioether (sulfide) groups is 1. The molecule has 0 aliphatic carbocycles. The van der Waals surface area contributed by atoms with Crippen molar-refractivity contribution >= 4 is 64.7 Å². The summed E-state index contributed by atoms with van der Waals surface area (Å²) in [5.41, 5.74) is -4.33. The van der Waals surface area contributed by atoms with Crippen LogP contribution >= 0.6 is 35.3 Å². The first-order valence-corrected chi connectivity index (χ1v) is 13.3. The molecule has 1 fully saturated rings. The van der Waals surface area contributed by atoms with Crippen LogP contribution < -0.4 is 14.9 Å². The van der Waals surface area contributed by atoms with Gasteiger partial charge in [-0.15, -0.1) is 0 Å². The quantitative estimate of drug-likeness (QED) is 0.175. The van der Waals surface area contributed by atoms with Crippen LogP contribution in [0.3, 0.4) is 0 Å². The second-order valence-electron chi connectivity index (χ2n) is 8.78. The summed E-state index contributed by atoms with van der Waals surface area (Å²) >= 11 is 6.60. The van der Waals surface area contributed by atoms with Crippen molar-refractivity contribution < 1.29 is 27.6 Å². The predicted octanol–water partition coefficient (Wildman–Crippen LogP) is 6.92. The van der Waals surface area contributed by atoms with Gasteiger partial charge in [0.05, 0.1) is 5.69 Å². The molecule has 39 heavy (non-hydrogen) atoms. The molecule has 0 bridgehead atoms. The maximum atomic E-state index is 13.3. The minimum Gasteiger partial charge on any atom is -0.307 e. The van der Waals surface area contributed by atoms with Crippen molar-refractivity contribution in [3.05, 3.63) is 77.4 Å². The number of rotatable bonds is 7. The van der Waals surface area contributed by atoms with E-state index in [2.05, 4.69) is 15.0 Å². The minimum absolute atomic E-state index is 0.0564. The molecule has 0 unspecified atom stereocenters. The van der Waals surface area contributed by atoms with Gasteiger partial charge in [-0.05, 0) is 85.8 Å². The summed E-state index contributed by atoms with van der Waals surface area (Å²) in [7, 11) is 0. The molecule has 0 spiro atoms. The van der Waals surface area contributed by atoms with E-state index in [0.717, 1.165) is 16.8 Å². The Balaban J connectivity index is 1.43. The lowest BCUT2D eigenvalue weighted by molar-refractivity contribution is -0.123. The maximum absolute atomic E-state index is 13.3. The molecule has 2 heterocycles. The van der Waals surface area contributed by atoms with Gasteiger partial charge < -0.3 is 10.2 Å². The molecule has 0 radical (unpaired) electrons. The number of nitrogens with one attached hydrogen (secondary N) is 2. The third kappa shape index (κ3) is 6.97. The Hall–Kier alpha value is -3.42. The van der Waals surface area contributed by atoms with E-state index in [1.54, 1.807) is 50.2 Å². The van der Waals surface area contributed by atoms with Crippen molar-refractivity contribution in [1.29, 1.82) is 0 Å². The number of hydrogen-bond donors (Lipinski definition) is 2. The molecule has 1 saturated heterocycles. The van der Waals surface area contributed by atoms with E-state index >= 15 is 0 Å². The molecular formula is C25H21ClF3N5O3S2. The van der Waals surface area contributed by atoms with E-state index in [-0.39, 0.29) is 28.9 Å². The average Bonchev–Trinajstić information content (AvgIpc) is 3.02. The van der Waals surface area contributed by atoms with Crippen LogP contribution in [-0.2, 0) is 11.3 Å². The van der Waals surface area contributed by atoms with Gasteiger partial charge in [0.1, 0.15) is 10.6 Å². The molecule has 3 aromatic rings. The summed E-state index contributed by atoms with van der Waals surface area (Å²) in [5, 5.41) is 3.57. The number of pyridine rings is 1. The predicted molar refractivity (Wildman–Crippen MR) is 145 cm³/mol. The van der Waals surface area contributed by atoms with Crippen LogP contribution in [0.15, 0.2) is 76.8 Å². The fraction of sp³-hybridized carbons (Fsp3) is 0.200. The van der Waals surface area contributed by atoms with Crippen LogP contribution in [0, 0.1) is 0 Å². The molecule has 1 aromatic heterocycles. The van der Waals surface area contributed by atoms with Gasteiger partial charge in [0.25, 0.3) is 5.91 Å². The second-order valence-corrected chi connectivity index (χ2v) is 11.2. The highest BCUT2D eigenvalue weighted by Crippen LogP contribution is 2.39. The summed E-state index contributed by atoms with van der Waals surface area (Å²) in [5.74, 6) is -0.508. The van der Waals surface area contributed by atoms with E-state index in [0.29, 0.717) is 21.3 Å². The largest absolute Gasteiger partial charge is 0.446 e. The number of alkyl halides is 3. The summed E-state index contributed by atoms with van der Waals surface area (Å²) in [4.78, 5) is 45.2. The zero-order valence-electron chi connectivity index (χ0n) is 20.5. The monoisotopic (exact) mass is 595 g/mol. The SMILES string of the molecule is CC1(C)C(=O)N(c2ccc(SC(F)(F)F)cc2)C(=O)N1Cc1ccnc(SNC(=O)Nc2cccc(Cl)c2)c1. The Kier molecular flexibility index (Phi) is 8.33. The van der Waals surface area contributed by atoms with Gasteiger partial charge in [-0.2, -0.15) is 13.2 Å². The first-order chi connectivity index (χ1) is 18.3.